The highest BCUT2D eigenvalue weighted by Gasteiger charge is 2.32. The SMILES string of the molecule is COc1cc([C@H]2COC(=O)C(Cc3ccc(OCc4ccccc4)c(OC)c3)C2)ccc1C. The van der Waals surface area contributed by atoms with E-state index in [9.17, 15) is 4.79 Å². The van der Waals surface area contributed by atoms with Crippen molar-refractivity contribution >= 4 is 5.97 Å². The van der Waals surface area contributed by atoms with E-state index in [-0.39, 0.29) is 17.8 Å². The molecule has 3 aromatic carbocycles. The second-order valence-corrected chi connectivity index (χ2v) is 8.45. The molecule has 1 heterocycles. The number of carbonyl (C=O) groups is 1. The predicted octanol–water partition coefficient (Wildman–Crippen LogP) is 5.48. The molecular formula is C28H30O5. The zero-order valence-electron chi connectivity index (χ0n) is 19.4. The summed E-state index contributed by atoms with van der Waals surface area (Å²) >= 11 is 0. The van der Waals surface area contributed by atoms with E-state index in [2.05, 4.69) is 18.2 Å². The lowest BCUT2D eigenvalue weighted by Crippen LogP contribution is -2.30. The smallest absolute Gasteiger partial charge is 0.309 e. The van der Waals surface area contributed by atoms with Crippen LogP contribution in [0.5, 0.6) is 17.2 Å². The molecule has 4 rings (SSSR count). The van der Waals surface area contributed by atoms with E-state index in [0.717, 1.165) is 34.4 Å². The summed E-state index contributed by atoms with van der Waals surface area (Å²) in [4.78, 5) is 12.5. The first kappa shape index (κ1) is 22.7. The number of ether oxygens (including phenoxy) is 4. The first-order chi connectivity index (χ1) is 16.1. The van der Waals surface area contributed by atoms with Crippen LogP contribution in [0.15, 0.2) is 66.7 Å². The summed E-state index contributed by atoms with van der Waals surface area (Å²) in [7, 11) is 3.31. The number of hydrogen-bond acceptors (Lipinski definition) is 5. The van der Waals surface area contributed by atoms with E-state index in [1.807, 2.05) is 55.5 Å². The van der Waals surface area contributed by atoms with Crippen molar-refractivity contribution in [3.8, 4) is 17.2 Å². The zero-order chi connectivity index (χ0) is 23.2. The van der Waals surface area contributed by atoms with Crippen LogP contribution in [0.1, 0.15) is 34.6 Å². The van der Waals surface area contributed by atoms with Crippen molar-refractivity contribution < 1.29 is 23.7 Å². The van der Waals surface area contributed by atoms with Gasteiger partial charge in [0.25, 0.3) is 0 Å². The van der Waals surface area contributed by atoms with Gasteiger partial charge in [-0.1, -0.05) is 48.5 Å². The zero-order valence-corrected chi connectivity index (χ0v) is 19.4. The van der Waals surface area contributed by atoms with Gasteiger partial charge in [0.2, 0.25) is 0 Å². The molecular weight excluding hydrogens is 416 g/mol. The minimum Gasteiger partial charge on any atom is -0.496 e. The molecule has 1 unspecified atom stereocenters. The fraction of sp³-hybridized carbons (Fsp3) is 0.321. The summed E-state index contributed by atoms with van der Waals surface area (Å²) in [5.74, 6) is 1.99. The van der Waals surface area contributed by atoms with Crippen molar-refractivity contribution in [3.05, 3.63) is 89.0 Å². The van der Waals surface area contributed by atoms with Gasteiger partial charge in [-0.3, -0.25) is 4.79 Å². The molecule has 0 amide bonds. The lowest BCUT2D eigenvalue weighted by Gasteiger charge is -2.29. The lowest BCUT2D eigenvalue weighted by atomic mass is 9.84. The fourth-order valence-electron chi connectivity index (χ4n) is 4.28. The Balaban J connectivity index is 1.45. The quantitative estimate of drug-likeness (QED) is 0.429. The molecule has 1 saturated heterocycles. The van der Waals surface area contributed by atoms with Gasteiger partial charge in [-0.2, -0.15) is 0 Å². The number of cyclic esters (lactones) is 1. The Bertz CT molecular complexity index is 1090. The molecule has 0 spiro atoms. The molecule has 33 heavy (non-hydrogen) atoms. The number of esters is 1. The highest BCUT2D eigenvalue weighted by molar-refractivity contribution is 5.74. The lowest BCUT2D eigenvalue weighted by molar-refractivity contribution is -0.154. The van der Waals surface area contributed by atoms with Crippen LogP contribution >= 0.6 is 0 Å². The van der Waals surface area contributed by atoms with Crippen LogP contribution < -0.4 is 14.2 Å². The molecule has 0 bridgehead atoms. The van der Waals surface area contributed by atoms with Gasteiger partial charge in [-0.15, -0.1) is 0 Å². The molecule has 2 atom stereocenters. The Morgan fingerprint density at radius 2 is 1.67 bits per heavy atom. The normalized spacial score (nSPS) is 17.8. The van der Waals surface area contributed by atoms with Gasteiger partial charge in [0.1, 0.15) is 12.4 Å². The minimum absolute atomic E-state index is 0.145. The third-order valence-electron chi connectivity index (χ3n) is 6.18. The first-order valence-electron chi connectivity index (χ1n) is 11.2. The first-order valence-corrected chi connectivity index (χ1v) is 11.2. The number of hydrogen-bond donors (Lipinski definition) is 0. The molecule has 0 saturated carbocycles. The van der Waals surface area contributed by atoms with Crippen molar-refractivity contribution in [2.24, 2.45) is 5.92 Å². The van der Waals surface area contributed by atoms with Gasteiger partial charge in [0.15, 0.2) is 11.5 Å². The highest BCUT2D eigenvalue weighted by atomic mass is 16.5. The van der Waals surface area contributed by atoms with Crippen LogP contribution in [0, 0.1) is 12.8 Å². The van der Waals surface area contributed by atoms with E-state index in [0.29, 0.717) is 31.1 Å². The third-order valence-corrected chi connectivity index (χ3v) is 6.18. The number of carbonyl (C=O) groups excluding carboxylic acids is 1. The summed E-state index contributed by atoms with van der Waals surface area (Å²) in [5, 5.41) is 0. The van der Waals surface area contributed by atoms with Gasteiger partial charge >= 0.3 is 5.97 Å². The second kappa shape index (κ2) is 10.4. The van der Waals surface area contributed by atoms with Crippen LogP contribution in [0.25, 0.3) is 0 Å². The van der Waals surface area contributed by atoms with E-state index in [4.69, 9.17) is 18.9 Å². The maximum Gasteiger partial charge on any atom is 0.309 e. The van der Waals surface area contributed by atoms with E-state index < -0.39 is 0 Å². The number of methoxy groups -OCH3 is 2. The standard InChI is InChI=1S/C28H30O5/c1-19-9-11-22(16-26(19)30-2)24-15-23(28(29)33-18-24)13-21-10-12-25(27(14-21)31-3)32-17-20-7-5-4-6-8-20/h4-12,14,16,23-24H,13,15,17-18H2,1-3H3/t23?,24-/m1/s1. The molecule has 1 fully saturated rings. The maximum absolute atomic E-state index is 12.5. The summed E-state index contributed by atoms with van der Waals surface area (Å²) in [5.41, 5.74) is 4.33. The monoisotopic (exact) mass is 446 g/mol. The van der Waals surface area contributed by atoms with Crippen molar-refractivity contribution in [1.29, 1.82) is 0 Å². The van der Waals surface area contributed by atoms with Crippen molar-refractivity contribution in [3.63, 3.8) is 0 Å². The largest absolute Gasteiger partial charge is 0.496 e. The highest BCUT2D eigenvalue weighted by Crippen LogP contribution is 2.35. The van der Waals surface area contributed by atoms with Crippen molar-refractivity contribution in [1.82, 2.24) is 0 Å². The minimum atomic E-state index is -0.211. The Hall–Kier alpha value is -3.47. The number of rotatable bonds is 8. The average Bonchev–Trinajstić information content (AvgIpc) is 2.85. The molecule has 0 aromatic heterocycles. The van der Waals surface area contributed by atoms with Gasteiger partial charge in [-0.25, -0.2) is 0 Å². The second-order valence-electron chi connectivity index (χ2n) is 8.45. The Morgan fingerprint density at radius 1 is 0.879 bits per heavy atom. The molecule has 3 aromatic rings. The Kier molecular flexibility index (Phi) is 7.18. The van der Waals surface area contributed by atoms with Crippen molar-refractivity contribution in [2.45, 2.75) is 32.3 Å². The molecule has 0 radical (unpaired) electrons. The Morgan fingerprint density at radius 3 is 2.42 bits per heavy atom. The molecule has 5 heteroatoms. The Labute approximate surface area is 195 Å². The van der Waals surface area contributed by atoms with Crippen LogP contribution in [-0.2, 0) is 22.6 Å². The van der Waals surface area contributed by atoms with Crippen LogP contribution in [-0.4, -0.2) is 26.8 Å². The summed E-state index contributed by atoms with van der Waals surface area (Å²) < 4.78 is 22.6. The summed E-state index contributed by atoms with van der Waals surface area (Å²) in [6, 6.07) is 22.1. The fourth-order valence-corrected chi connectivity index (χ4v) is 4.28. The molecule has 0 aliphatic carbocycles. The molecule has 1 aliphatic heterocycles. The van der Waals surface area contributed by atoms with Crippen LogP contribution in [0.3, 0.4) is 0 Å². The molecule has 172 valence electrons. The number of benzene rings is 3. The van der Waals surface area contributed by atoms with Crippen LogP contribution in [0.4, 0.5) is 0 Å². The average molecular weight is 447 g/mol. The molecule has 5 nitrogen and oxygen atoms in total. The van der Waals surface area contributed by atoms with Gasteiger partial charge in [-0.05, 0) is 60.2 Å². The molecule has 1 aliphatic rings. The molecule has 0 N–H and O–H groups in total. The van der Waals surface area contributed by atoms with Crippen molar-refractivity contribution in [2.75, 3.05) is 20.8 Å². The van der Waals surface area contributed by atoms with E-state index >= 15 is 0 Å². The van der Waals surface area contributed by atoms with Gasteiger partial charge < -0.3 is 18.9 Å². The van der Waals surface area contributed by atoms with E-state index in [1.165, 1.54) is 0 Å². The van der Waals surface area contributed by atoms with Crippen LogP contribution in [0.2, 0.25) is 0 Å². The summed E-state index contributed by atoms with van der Waals surface area (Å²) in [6.45, 7) is 2.89. The number of aryl methyl sites for hydroxylation is 1. The predicted molar refractivity (Wildman–Crippen MR) is 127 cm³/mol. The van der Waals surface area contributed by atoms with E-state index in [1.54, 1.807) is 14.2 Å². The van der Waals surface area contributed by atoms with Gasteiger partial charge in [0.05, 0.1) is 26.7 Å². The van der Waals surface area contributed by atoms with Gasteiger partial charge in [0, 0.05) is 5.92 Å². The maximum atomic E-state index is 12.5. The summed E-state index contributed by atoms with van der Waals surface area (Å²) in [6.07, 6.45) is 1.33. The topological polar surface area (TPSA) is 54.0 Å². The third kappa shape index (κ3) is 5.48.